The van der Waals surface area contributed by atoms with Crippen LogP contribution in [-0.2, 0) is 4.74 Å². The molecule has 0 aliphatic rings. The van der Waals surface area contributed by atoms with E-state index in [1.807, 2.05) is 13.0 Å². The Bertz CT molecular complexity index is 383. The van der Waals surface area contributed by atoms with Gasteiger partial charge in [0.05, 0.1) is 6.61 Å². The van der Waals surface area contributed by atoms with Gasteiger partial charge in [0.1, 0.15) is 18.2 Å². The Balaban J connectivity index is 2.48. The number of ether oxygens (including phenoxy) is 2. The van der Waals surface area contributed by atoms with Crippen molar-refractivity contribution < 1.29 is 9.47 Å². The minimum absolute atomic E-state index is 0.492. The smallest absolute Gasteiger partial charge is 0.218 e. The summed E-state index contributed by atoms with van der Waals surface area (Å²) in [6, 6.07) is 1.82. The molecule has 0 spiro atoms. The van der Waals surface area contributed by atoms with Crippen LogP contribution in [0.15, 0.2) is 6.07 Å². The summed E-state index contributed by atoms with van der Waals surface area (Å²) in [5.41, 5.74) is 0. The van der Waals surface area contributed by atoms with Crippen LogP contribution in [-0.4, -0.2) is 61.4 Å². The van der Waals surface area contributed by atoms with Gasteiger partial charge in [-0.1, -0.05) is 13.8 Å². The van der Waals surface area contributed by atoms with Crippen LogP contribution >= 0.6 is 0 Å². The summed E-state index contributed by atoms with van der Waals surface area (Å²) in [6.45, 7) is 11.2. The molecule has 0 unspecified atom stereocenters. The number of aromatic nitrogens is 2. The zero-order chi connectivity index (χ0) is 14.8. The molecule has 1 rings (SSSR count). The van der Waals surface area contributed by atoms with E-state index in [1.165, 1.54) is 0 Å². The zero-order valence-electron chi connectivity index (χ0n) is 13.0. The van der Waals surface area contributed by atoms with Gasteiger partial charge in [-0.15, -0.1) is 0 Å². The van der Waals surface area contributed by atoms with Crippen molar-refractivity contribution in [3.05, 3.63) is 11.9 Å². The van der Waals surface area contributed by atoms with Crippen molar-refractivity contribution in [1.82, 2.24) is 14.9 Å². The molecular formula is C14H26N4O2. The molecule has 6 heteroatoms. The van der Waals surface area contributed by atoms with Crippen LogP contribution in [0.2, 0.25) is 0 Å². The second-order valence-corrected chi connectivity index (χ2v) is 4.43. The summed E-state index contributed by atoms with van der Waals surface area (Å²) >= 11 is 0. The van der Waals surface area contributed by atoms with Crippen molar-refractivity contribution in [2.75, 3.05) is 51.8 Å². The van der Waals surface area contributed by atoms with E-state index < -0.39 is 0 Å². The lowest BCUT2D eigenvalue weighted by molar-refractivity contribution is 0.143. The molecule has 0 atom stereocenters. The molecule has 1 aromatic rings. The highest BCUT2D eigenvalue weighted by atomic mass is 16.5. The maximum Gasteiger partial charge on any atom is 0.218 e. The topological polar surface area (TPSA) is 59.5 Å². The van der Waals surface area contributed by atoms with E-state index in [0.717, 1.165) is 32.0 Å². The first-order valence-electron chi connectivity index (χ1n) is 7.13. The average molecular weight is 282 g/mol. The van der Waals surface area contributed by atoms with Gasteiger partial charge in [-0.3, -0.25) is 0 Å². The van der Waals surface area contributed by atoms with Crippen LogP contribution in [0, 0.1) is 6.92 Å². The Morgan fingerprint density at radius 2 is 1.95 bits per heavy atom. The molecule has 1 aromatic heterocycles. The van der Waals surface area contributed by atoms with Crippen molar-refractivity contribution in [2.45, 2.75) is 20.8 Å². The van der Waals surface area contributed by atoms with Gasteiger partial charge in [-0.05, 0) is 20.0 Å². The van der Waals surface area contributed by atoms with Gasteiger partial charge in [0.2, 0.25) is 5.88 Å². The first kappa shape index (κ1) is 16.7. The average Bonchev–Trinajstić information content (AvgIpc) is 2.43. The fourth-order valence-electron chi connectivity index (χ4n) is 1.82. The summed E-state index contributed by atoms with van der Waals surface area (Å²) in [6.07, 6.45) is 0. The Labute approximate surface area is 121 Å². The van der Waals surface area contributed by atoms with Crippen molar-refractivity contribution in [3.8, 4) is 5.88 Å². The van der Waals surface area contributed by atoms with E-state index in [2.05, 4.69) is 34.0 Å². The molecule has 0 saturated heterocycles. The SMILES string of the molecule is CCN(CC)CCNc1cc(OCCOC)nc(C)n1. The van der Waals surface area contributed by atoms with Crippen LogP contribution in [0.5, 0.6) is 5.88 Å². The molecule has 0 aromatic carbocycles. The van der Waals surface area contributed by atoms with Gasteiger partial charge < -0.3 is 19.7 Å². The highest BCUT2D eigenvalue weighted by molar-refractivity contribution is 5.38. The van der Waals surface area contributed by atoms with Crippen molar-refractivity contribution in [2.24, 2.45) is 0 Å². The number of hydrogen-bond acceptors (Lipinski definition) is 6. The Morgan fingerprint density at radius 3 is 2.60 bits per heavy atom. The Morgan fingerprint density at radius 1 is 1.20 bits per heavy atom. The maximum atomic E-state index is 5.51. The number of methoxy groups -OCH3 is 1. The number of rotatable bonds is 10. The van der Waals surface area contributed by atoms with Crippen LogP contribution in [0.3, 0.4) is 0 Å². The maximum absolute atomic E-state index is 5.51. The monoisotopic (exact) mass is 282 g/mol. The molecule has 0 fully saturated rings. The third kappa shape index (κ3) is 6.16. The standard InChI is InChI=1S/C14H26N4O2/c1-5-18(6-2)8-7-15-13-11-14(17-12(3)16-13)20-10-9-19-4/h11H,5-10H2,1-4H3,(H,15,16,17). The van der Waals surface area contributed by atoms with Gasteiger partial charge in [0.25, 0.3) is 0 Å². The molecule has 0 aliphatic carbocycles. The number of nitrogens with one attached hydrogen (secondary N) is 1. The highest BCUT2D eigenvalue weighted by Crippen LogP contribution is 2.13. The van der Waals surface area contributed by atoms with Gasteiger partial charge in [-0.2, -0.15) is 4.98 Å². The molecule has 1 N–H and O–H groups in total. The van der Waals surface area contributed by atoms with Gasteiger partial charge >= 0.3 is 0 Å². The predicted molar refractivity (Wildman–Crippen MR) is 80.4 cm³/mol. The van der Waals surface area contributed by atoms with Crippen LogP contribution in [0.4, 0.5) is 5.82 Å². The molecule has 0 radical (unpaired) electrons. The summed E-state index contributed by atoms with van der Waals surface area (Å²) in [5, 5.41) is 3.31. The van der Waals surface area contributed by atoms with Crippen molar-refractivity contribution in [3.63, 3.8) is 0 Å². The number of likely N-dealkylation sites (N-methyl/N-ethyl adjacent to an activating group) is 1. The molecule has 0 bridgehead atoms. The third-order valence-electron chi connectivity index (χ3n) is 2.98. The molecule has 20 heavy (non-hydrogen) atoms. The number of hydrogen-bond donors (Lipinski definition) is 1. The fraction of sp³-hybridized carbons (Fsp3) is 0.714. The fourth-order valence-corrected chi connectivity index (χ4v) is 1.82. The molecular weight excluding hydrogens is 256 g/mol. The molecule has 1 heterocycles. The number of nitrogens with zero attached hydrogens (tertiary/aromatic N) is 3. The normalized spacial score (nSPS) is 10.8. The van der Waals surface area contributed by atoms with Gasteiger partial charge in [0.15, 0.2) is 0 Å². The van der Waals surface area contributed by atoms with E-state index in [1.54, 1.807) is 7.11 Å². The summed E-state index contributed by atoms with van der Waals surface area (Å²) in [5.74, 6) is 2.09. The number of aryl methyl sites for hydroxylation is 1. The van der Waals surface area contributed by atoms with Crippen LogP contribution < -0.4 is 10.1 Å². The second-order valence-electron chi connectivity index (χ2n) is 4.43. The molecule has 0 saturated carbocycles. The van der Waals surface area contributed by atoms with Crippen molar-refractivity contribution >= 4 is 5.82 Å². The molecule has 0 amide bonds. The predicted octanol–water partition coefficient (Wildman–Crippen LogP) is 1.56. The summed E-state index contributed by atoms with van der Waals surface area (Å²) in [4.78, 5) is 11.0. The largest absolute Gasteiger partial charge is 0.475 e. The third-order valence-corrected chi connectivity index (χ3v) is 2.98. The minimum Gasteiger partial charge on any atom is -0.475 e. The van der Waals surface area contributed by atoms with E-state index in [4.69, 9.17) is 9.47 Å². The molecule has 0 aliphatic heterocycles. The minimum atomic E-state index is 0.492. The first-order chi connectivity index (χ1) is 9.69. The van der Waals surface area contributed by atoms with E-state index in [9.17, 15) is 0 Å². The lowest BCUT2D eigenvalue weighted by atomic mass is 10.4. The van der Waals surface area contributed by atoms with E-state index in [-0.39, 0.29) is 0 Å². The Kier molecular flexibility index (Phi) is 7.91. The lowest BCUT2D eigenvalue weighted by Crippen LogP contribution is -2.28. The zero-order valence-corrected chi connectivity index (χ0v) is 13.0. The van der Waals surface area contributed by atoms with Gasteiger partial charge in [0, 0.05) is 26.3 Å². The number of anilines is 1. The Hall–Kier alpha value is -1.40. The highest BCUT2D eigenvalue weighted by Gasteiger charge is 2.04. The van der Waals surface area contributed by atoms with E-state index >= 15 is 0 Å². The quantitative estimate of drug-likeness (QED) is 0.657. The lowest BCUT2D eigenvalue weighted by Gasteiger charge is -2.18. The molecule has 114 valence electrons. The van der Waals surface area contributed by atoms with Crippen molar-refractivity contribution in [1.29, 1.82) is 0 Å². The summed E-state index contributed by atoms with van der Waals surface area (Å²) < 4.78 is 10.5. The van der Waals surface area contributed by atoms with Crippen LogP contribution in [0.1, 0.15) is 19.7 Å². The summed E-state index contributed by atoms with van der Waals surface area (Å²) in [7, 11) is 1.65. The molecule has 6 nitrogen and oxygen atoms in total. The van der Waals surface area contributed by atoms with Gasteiger partial charge in [-0.25, -0.2) is 4.98 Å². The first-order valence-corrected chi connectivity index (χ1v) is 7.13. The second kappa shape index (κ2) is 9.50. The van der Waals surface area contributed by atoms with Crippen LogP contribution in [0.25, 0.3) is 0 Å². The van der Waals surface area contributed by atoms with E-state index in [0.29, 0.717) is 24.9 Å².